The molecule has 1 aromatic heterocycles. The van der Waals surface area contributed by atoms with Crippen LogP contribution in [0.2, 0.25) is 0 Å². The zero-order valence-electron chi connectivity index (χ0n) is 22.2. The minimum atomic E-state index is -0.486. The second kappa shape index (κ2) is 8.73. The van der Waals surface area contributed by atoms with Crippen molar-refractivity contribution >= 4 is 22.5 Å². The summed E-state index contributed by atoms with van der Waals surface area (Å²) in [6.07, 6.45) is 3.14. The molecule has 1 atom stereocenters. The Morgan fingerprint density at radius 2 is 1.78 bits per heavy atom. The first-order chi connectivity index (χ1) is 16.8. The van der Waals surface area contributed by atoms with Gasteiger partial charge in [0.2, 0.25) is 5.43 Å². The summed E-state index contributed by atoms with van der Waals surface area (Å²) < 4.78 is 23.5. The number of nitrogens with zero attached hydrogens (tertiary/aromatic N) is 3. The number of hydrogen-bond acceptors (Lipinski definition) is 6. The minimum absolute atomic E-state index is 0.0445. The van der Waals surface area contributed by atoms with Gasteiger partial charge in [0.25, 0.3) is 5.91 Å². The van der Waals surface area contributed by atoms with Crippen molar-refractivity contribution in [3.8, 4) is 5.75 Å². The predicted molar refractivity (Wildman–Crippen MR) is 140 cm³/mol. The number of benzene rings is 1. The van der Waals surface area contributed by atoms with E-state index in [0.29, 0.717) is 36.6 Å². The molecule has 1 amide bonds. The van der Waals surface area contributed by atoms with E-state index in [0.717, 1.165) is 25.9 Å². The molecule has 0 spiro atoms. The molecule has 2 fully saturated rings. The first kappa shape index (κ1) is 25.0. The lowest BCUT2D eigenvalue weighted by Gasteiger charge is -2.46. The zero-order valence-corrected chi connectivity index (χ0v) is 22.2. The largest absolute Gasteiger partial charge is 0.487 e. The first-order valence-electron chi connectivity index (χ1n) is 12.9. The lowest BCUT2D eigenvalue weighted by atomic mass is 9.79. The van der Waals surface area contributed by atoms with Gasteiger partial charge in [-0.05, 0) is 60.6 Å². The SMILES string of the molecule is CC1COc2c(N3CCN(C)CC3)c(F)cc3c(=O)c(C(=O)NC4CC(C)(C)NC(C)(C)C4)cn1c23. The van der Waals surface area contributed by atoms with Gasteiger partial charge in [-0.25, -0.2) is 4.39 Å². The van der Waals surface area contributed by atoms with Crippen molar-refractivity contribution in [1.82, 2.24) is 20.1 Å². The van der Waals surface area contributed by atoms with E-state index >= 15 is 4.39 Å². The average molecular weight is 500 g/mol. The summed E-state index contributed by atoms with van der Waals surface area (Å²) in [5.74, 6) is -0.494. The number of halogens is 1. The number of likely N-dealkylation sites (N-methyl/N-ethyl adjacent to an activating group) is 1. The highest BCUT2D eigenvalue weighted by Crippen LogP contribution is 2.42. The Morgan fingerprint density at radius 3 is 2.42 bits per heavy atom. The van der Waals surface area contributed by atoms with Crippen molar-refractivity contribution in [3.63, 3.8) is 0 Å². The molecule has 2 aromatic rings. The Hall–Kier alpha value is -2.65. The lowest BCUT2D eigenvalue weighted by Crippen LogP contribution is -2.62. The zero-order chi connectivity index (χ0) is 26.0. The Kier molecular flexibility index (Phi) is 6.07. The Bertz CT molecular complexity index is 1250. The number of carbonyl (C=O) groups excluding carboxylic acids is 1. The van der Waals surface area contributed by atoms with Crippen LogP contribution in [-0.2, 0) is 0 Å². The summed E-state index contributed by atoms with van der Waals surface area (Å²) in [6, 6.07) is 1.11. The topological polar surface area (TPSA) is 78.8 Å². The molecule has 5 rings (SSSR count). The van der Waals surface area contributed by atoms with E-state index in [4.69, 9.17) is 4.74 Å². The molecule has 1 aromatic carbocycles. The predicted octanol–water partition coefficient (Wildman–Crippen LogP) is 2.88. The van der Waals surface area contributed by atoms with Gasteiger partial charge in [0.15, 0.2) is 11.6 Å². The highest BCUT2D eigenvalue weighted by molar-refractivity contribution is 6.00. The number of amides is 1. The number of ether oxygens (including phenoxy) is 1. The third-order valence-corrected chi connectivity index (χ3v) is 7.73. The summed E-state index contributed by atoms with van der Waals surface area (Å²) in [5, 5.41) is 6.90. The first-order valence-corrected chi connectivity index (χ1v) is 12.9. The number of aromatic nitrogens is 1. The van der Waals surface area contributed by atoms with Crippen LogP contribution in [-0.4, -0.2) is 72.3 Å². The molecule has 0 aliphatic carbocycles. The fraction of sp³-hybridized carbons (Fsp3) is 0.630. The summed E-state index contributed by atoms with van der Waals surface area (Å²) >= 11 is 0. The molecular weight excluding hydrogens is 461 g/mol. The van der Waals surface area contributed by atoms with Crippen LogP contribution in [0, 0.1) is 5.82 Å². The summed E-state index contributed by atoms with van der Waals surface area (Å²) in [7, 11) is 2.05. The third-order valence-electron chi connectivity index (χ3n) is 7.73. The van der Waals surface area contributed by atoms with Gasteiger partial charge < -0.3 is 29.7 Å². The van der Waals surface area contributed by atoms with E-state index in [2.05, 4.69) is 43.2 Å². The summed E-state index contributed by atoms with van der Waals surface area (Å²) in [6.45, 7) is 13.8. The Morgan fingerprint density at radius 1 is 1.14 bits per heavy atom. The van der Waals surface area contributed by atoms with Crippen molar-refractivity contribution in [2.24, 2.45) is 0 Å². The maximum atomic E-state index is 15.6. The third kappa shape index (κ3) is 4.47. The molecule has 3 aliphatic heterocycles. The molecule has 0 saturated carbocycles. The van der Waals surface area contributed by atoms with Crippen LogP contribution in [0.4, 0.5) is 10.1 Å². The van der Waals surface area contributed by atoms with E-state index in [1.165, 1.54) is 6.07 Å². The number of anilines is 1. The second-order valence-electron chi connectivity index (χ2n) is 12.1. The van der Waals surface area contributed by atoms with Crippen molar-refractivity contribution in [2.75, 3.05) is 44.7 Å². The van der Waals surface area contributed by atoms with E-state index in [9.17, 15) is 9.59 Å². The number of pyridine rings is 1. The van der Waals surface area contributed by atoms with Gasteiger partial charge in [-0.1, -0.05) is 0 Å². The van der Waals surface area contributed by atoms with E-state index in [-0.39, 0.29) is 34.1 Å². The van der Waals surface area contributed by atoms with Gasteiger partial charge >= 0.3 is 0 Å². The van der Waals surface area contributed by atoms with Crippen LogP contribution in [0.15, 0.2) is 17.1 Å². The summed E-state index contributed by atoms with van der Waals surface area (Å²) in [5.41, 5.74) is 0.264. The van der Waals surface area contributed by atoms with Gasteiger partial charge in [0.1, 0.15) is 17.9 Å². The molecule has 36 heavy (non-hydrogen) atoms. The number of rotatable bonds is 3. The maximum absolute atomic E-state index is 15.6. The van der Waals surface area contributed by atoms with E-state index < -0.39 is 17.2 Å². The van der Waals surface area contributed by atoms with Crippen molar-refractivity contribution in [1.29, 1.82) is 0 Å². The molecule has 0 radical (unpaired) electrons. The Balaban J connectivity index is 1.55. The van der Waals surface area contributed by atoms with Gasteiger partial charge in [-0.15, -0.1) is 0 Å². The van der Waals surface area contributed by atoms with E-state index in [1.54, 1.807) is 6.20 Å². The maximum Gasteiger partial charge on any atom is 0.256 e. The van der Waals surface area contributed by atoms with Crippen molar-refractivity contribution in [3.05, 3.63) is 33.9 Å². The quantitative estimate of drug-likeness (QED) is 0.676. The van der Waals surface area contributed by atoms with Crippen molar-refractivity contribution in [2.45, 2.75) is 70.6 Å². The fourth-order valence-electron chi connectivity index (χ4n) is 6.39. The highest BCUT2D eigenvalue weighted by atomic mass is 19.1. The number of carbonyl (C=O) groups is 1. The highest BCUT2D eigenvalue weighted by Gasteiger charge is 2.39. The molecule has 0 bridgehead atoms. The molecule has 3 aliphatic rings. The van der Waals surface area contributed by atoms with Crippen molar-refractivity contribution < 1.29 is 13.9 Å². The van der Waals surface area contributed by atoms with Gasteiger partial charge in [0.05, 0.1) is 16.9 Å². The van der Waals surface area contributed by atoms with E-state index in [1.807, 2.05) is 23.4 Å². The van der Waals surface area contributed by atoms with Crippen LogP contribution < -0.4 is 25.7 Å². The normalized spacial score (nSPS) is 24.0. The number of hydrogen-bond donors (Lipinski definition) is 2. The van der Waals surface area contributed by atoms with Crippen LogP contribution in [0.5, 0.6) is 5.75 Å². The average Bonchev–Trinajstić information content (AvgIpc) is 2.76. The number of nitrogens with one attached hydrogen (secondary N) is 2. The van der Waals surface area contributed by atoms with Gasteiger partial charge in [0, 0.05) is 49.5 Å². The van der Waals surface area contributed by atoms with Crippen LogP contribution >= 0.6 is 0 Å². The molecule has 1 unspecified atom stereocenters. The van der Waals surface area contributed by atoms with Crippen LogP contribution in [0.3, 0.4) is 0 Å². The molecule has 2 saturated heterocycles. The lowest BCUT2D eigenvalue weighted by molar-refractivity contribution is 0.0871. The van der Waals surface area contributed by atoms with Crippen LogP contribution in [0.25, 0.3) is 10.9 Å². The monoisotopic (exact) mass is 499 g/mol. The minimum Gasteiger partial charge on any atom is -0.487 e. The van der Waals surface area contributed by atoms with Gasteiger partial charge in [-0.3, -0.25) is 9.59 Å². The smallest absolute Gasteiger partial charge is 0.256 e. The molecule has 9 heteroatoms. The molecule has 196 valence electrons. The van der Waals surface area contributed by atoms with Crippen LogP contribution in [0.1, 0.15) is 63.9 Å². The second-order valence-corrected chi connectivity index (χ2v) is 12.1. The standard InChI is InChI=1S/C27H38FN5O3/c1-16-15-36-24-21-18(11-20(28)22(24)32-9-7-31(6)8-10-32)23(34)19(14-33(16)21)25(35)29-17-12-26(2,3)30-27(4,5)13-17/h11,14,16-17,30H,7-10,12-13,15H2,1-6H3,(H,29,35). The Labute approximate surface area is 211 Å². The molecule has 4 heterocycles. The van der Waals surface area contributed by atoms with Gasteiger partial charge in [-0.2, -0.15) is 0 Å². The molecular formula is C27H38FN5O3. The number of piperazine rings is 1. The molecule has 2 N–H and O–H groups in total. The summed E-state index contributed by atoms with van der Waals surface area (Å²) in [4.78, 5) is 31.2. The number of piperidine rings is 1. The fourth-order valence-corrected chi connectivity index (χ4v) is 6.39. The molecule has 8 nitrogen and oxygen atoms in total.